The van der Waals surface area contributed by atoms with Crippen molar-refractivity contribution in [1.29, 1.82) is 0 Å². The number of fused-ring (bicyclic) bond motifs is 1. The van der Waals surface area contributed by atoms with Gasteiger partial charge in [0.1, 0.15) is 18.2 Å². The Kier molecular flexibility index (Phi) is 4.20. The van der Waals surface area contributed by atoms with Crippen LogP contribution < -0.4 is 5.32 Å². The summed E-state index contributed by atoms with van der Waals surface area (Å²) in [5, 5.41) is 7.48. The van der Waals surface area contributed by atoms with Crippen LogP contribution in [0.25, 0.3) is 0 Å². The largest absolute Gasteiger partial charge is 0.417 e. The third kappa shape index (κ3) is 3.44. The van der Waals surface area contributed by atoms with E-state index in [4.69, 9.17) is 4.74 Å². The number of nitrogens with one attached hydrogen (secondary N) is 1. The second kappa shape index (κ2) is 6.15. The van der Waals surface area contributed by atoms with Crippen LogP contribution >= 0.6 is 0 Å². The lowest BCUT2D eigenvalue weighted by molar-refractivity contribution is -0.137. The minimum atomic E-state index is -4.38. The van der Waals surface area contributed by atoms with Crippen molar-refractivity contribution in [3.63, 3.8) is 0 Å². The number of methoxy groups -OCH3 is 1. The molecule has 0 bridgehead atoms. The Morgan fingerprint density at radius 1 is 1.39 bits per heavy atom. The van der Waals surface area contributed by atoms with E-state index in [1.165, 1.54) is 6.07 Å². The molecule has 9 heteroatoms. The summed E-state index contributed by atoms with van der Waals surface area (Å²) in [7, 11) is 1.57. The number of hydrogen-bond acceptors (Lipinski definition) is 5. The van der Waals surface area contributed by atoms with Crippen LogP contribution in [0.4, 0.5) is 19.0 Å². The molecule has 1 atom stereocenters. The van der Waals surface area contributed by atoms with Crippen LogP contribution in [-0.4, -0.2) is 26.9 Å². The van der Waals surface area contributed by atoms with Gasteiger partial charge in [-0.05, 0) is 25.0 Å². The van der Waals surface area contributed by atoms with Gasteiger partial charge in [0, 0.05) is 19.9 Å². The number of halogens is 3. The minimum Gasteiger partial charge on any atom is -0.377 e. The van der Waals surface area contributed by atoms with E-state index in [1.54, 1.807) is 11.8 Å². The highest BCUT2D eigenvalue weighted by Crippen LogP contribution is 2.30. The Hall–Kier alpha value is -2.16. The molecule has 0 saturated carbocycles. The van der Waals surface area contributed by atoms with Gasteiger partial charge >= 0.3 is 6.18 Å². The highest BCUT2D eigenvalue weighted by molar-refractivity contribution is 5.38. The lowest BCUT2D eigenvalue weighted by Crippen LogP contribution is -2.23. The maximum absolute atomic E-state index is 12.6. The molecule has 0 radical (unpaired) electrons. The summed E-state index contributed by atoms with van der Waals surface area (Å²) in [6.45, 7) is 1.09. The van der Waals surface area contributed by atoms with Gasteiger partial charge in [-0.1, -0.05) is 0 Å². The Labute approximate surface area is 130 Å². The summed E-state index contributed by atoms with van der Waals surface area (Å²) in [6, 6.07) is 2.21. The number of aryl methyl sites for hydroxylation is 1. The van der Waals surface area contributed by atoms with E-state index in [2.05, 4.69) is 20.4 Å². The maximum atomic E-state index is 12.6. The van der Waals surface area contributed by atoms with Gasteiger partial charge in [-0.25, -0.2) is 14.6 Å². The van der Waals surface area contributed by atoms with Crippen molar-refractivity contribution in [2.45, 2.75) is 38.2 Å². The van der Waals surface area contributed by atoms with Crippen LogP contribution in [0, 0.1) is 0 Å². The van der Waals surface area contributed by atoms with Gasteiger partial charge < -0.3 is 10.1 Å². The third-order valence-electron chi connectivity index (χ3n) is 3.60. The summed E-state index contributed by atoms with van der Waals surface area (Å²) in [5.74, 6) is 1.73. The smallest absolute Gasteiger partial charge is 0.377 e. The number of alkyl halides is 3. The molecule has 0 fully saturated rings. The topological polar surface area (TPSA) is 64.9 Å². The molecule has 3 rings (SSSR count). The van der Waals surface area contributed by atoms with Crippen molar-refractivity contribution in [1.82, 2.24) is 19.7 Å². The molecule has 6 nitrogen and oxygen atoms in total. The number of anilines is 1. The van der Waals surface area contributed by atoms with Gasteiger partial charge in [-0.2, -0.15) is 18.3 Å². The average Bonchev–Trinajstić information content (AvgIpc) is 2.91. The average molecular weight is 327 g/mol. The molecule has 2 aromatic rings. The third-order valence-corrected chi connectivity index (χ3v) is 3.60. The van der Waals surface area contributed by atoms with Crippen LogP contribution in [0.15, 0.2) is 18.3 Å². The Balaban J connectivity index is 1.76. The van der Waals surface area contributed by atoms with Gasteiger partial charge in [0.2, 0.25) is 0 Å². The summed E-state index contributed by atoms with van der Waals surface area (Å²) < 4.78 is 44.5. The molecular formula is C14H16F3N5O. The normalized spacial score (nSPS) is 17.8. The number of hydrogen-bond donors (Lipinski definition) is 1. The van der Waals surface area contributed by atoms with Crippen molar-refractivity contribution in [3.8, 4) is 0 Å². The molecule has 0 saturated heterocycles. The number of rotatable bonds is 4. The molecule has 0 amide bonds. The molecule has 0 aromatic carbocycles. The predicted molar refractivity (Wildman–Crippen MR) is 75.6 cm³/mol. The van der Waals surface area contributed by atoms with Crippen LogP contribution in [0.3, 0.4) is 0 Å². The van der Waals surface area contributed by atoms with E-state index < -0.39 is 11.7 Å². The van der Waals surface area contributed by atoms with Crippen LogP contribution in [0.5, 0.6) is 0 Å². The first-order valence-corrected chi connectivity index (χ1v) is 7.19. The number of pyridine rings is 1. The zero-order valence-electron chi connectivity index (χ0n) is 12.5. The van der Waals surface area contributed by atoms with Crippen LogP contribution in [0.1, 0.15) is 36.1 Å². The summed E-state index contributed by atoms with van der Waals surface area (Å²) in [5.41, 5.74) is -0.766. The molecule has 1 N–H and O–H groups in total. The molecule has 2 aromatic heterocycles. The molecule has 0 aliphatic carbocycles. The van der Waals surface area contributed by atoms with E-state index in [0.717, 1.165) is 37.5 Å². The molecule has 1 aliphatic rings. The van der Waals surface area contributed by atoms with E-state index in [-0.39, 0.29) is 6.04 Å². The SMILES string of the molecule is COCc1nc2n(n1)CCCC2Nc1ccc(C(F)(F)F)cn1. The molecule has 23 heavy (non-hydrogen) atoms. The zero-order valence-corrected chi connectivity index (χ0v) is 12.5. The lowest BCUT2D eigenvalue weighted by atomic mass is 10.1. The summed E-state index contributed by atoms with van der Waals surface area (Å²) in [6.07, 6.45) is -1.84. The quantitative estimate of drug-likeness (QED) is 0.935. The maximum Gasteiger partial charge on any atom is 0.417 e. The van der Waals surface area contributed by atoms with Crippen molar-refractivity contribution in [2.24, 2.45) is 0 Å². The highest BCUT2D eigenvalue weighted by Gasteiger charge is 2.31. The molecule has 124 valence electrons. The second-order valence-corrected chi connectivity index (χ2v) is 5.31. The molecule has 1 aliphatic heterocycles. The molecule has 3 heterocycles. The fourth-order valence-corrected chi connectivity index (χ4v) is 2.55. The summed E-state index contributed by atoms with van der Waals surface area (Å²) in [4.78, 5) is 8.27. The number of aromatic nitrogens is 4. The molecule has 1 unspecified atom stereocenters. The van der Waals surface area contributed by atoms with Crippen LogP contribution in [-0.2, 0) is 24.1 Å². The Bertz CT molecular complexity index is 668. The van der Waals surface area contributed by atoms with Crippen molar-refractivity contribution < 1.29 is 17.9 Å². The van der Waals surface area contributed by atoms with Gasteiger partial charge in [0.25, 0.3) is 0 Å². The van der Waals surface area contributed by atoms with Gasteiger partial charge in [0.05, 0.1) is 11.6 Å². The lowest BCUT2D eigenvalue weighted by Gasteiger charge is -2.23. The number of nitrogens with zero attached hydrogens (tertiary/aromatic N) is 4. The first-order valence-electron chi connectivity index (χ1n) is 7.19. The number of ether oxygens (including phenoxy) is 1. The second-order valence-electron chi connectivity index (χ2n) is 5.31. The van der Waals surface area contributed by atoms with E-state index >= 15 is 0 Å². The van der Waals surface area contributed by atoms with Crippen molar-refractivity contribution >= 4 is 5.82 Å². The standard InChI is InChI=1S/C14H16F3N5O/c1-23-8-12-20-13-10(3-2-6-22(13)21-12)19-11-5-4-9(7-18-11)14(15,16)17/h4-5,7,10H,2-3,6,8H2,1H3,(H,18,19). The zero-order chi connectivity index (χ0) is 16.4. The van der Waals surface area contributed by atoms with Crippen molar-refractivity contribution in [3.05, 3.63) is 35.5 Å². The van der Waals surface area contributed by atoms with E-state index in [9.17, 15) is 13.2 Å². The monoisotopic (exact) mass is 327 g/mol. The summed E-state index contributed by atoms with van der Waals surface area (Å²) >= 11 is 0. The fourth-order valence-electron chi connectivity index (χ4n) is 2.55. The first-order chi connectivity index (χ1) is 11.0. The Morgan fingerprint density at radius 3 is 2.87 bits per heavy atom. The van der Waals surface area contributed by atoms with Gasteiger partial charge in [-0.3, -0.25) is 0 Å². The highest BCUT2D eigenvalue weighted by atomic mass is 19.4. The molecular weight excluding hydrogens is 311 g/mol. The van der Waals surface area contributed by atoms with E-state index in [1.807, 2.05) is 0 Å². The predicted octanol–water partition coefficient (Wildman–Crippen LogP) is 2.79. The fraction of sp³-hybridized carbons (Fsp3) is 0.500. The minimum absolute atomic E-state index is 0.133. The van der Waals surface area contributed by atoms with Gasteiger partial charge in [0.15, 0.2) is 5.82 Å². The van der Waals surface area contributed by atoms with Gasteiger partial charge in [-0.15, -0.1) is 0 Å². The van der Waals surface area contributed by atoms with Crippen LogP contribution in [0.2, 0.25) is 0 Å². The Morgan fingerprint density at radius 2 is 2.22 bits per heavy atom. The first kappa shape index (κ1) is 15.7. The molecule has 0 spiro atoms. The van der Waals surface area contributed by atoms with E-state index in [0.29, 0.717) is 18.2 Å². The van der Waals surface area contributed by atoms with Crippen molar-refractivity contribution in [2.75, 3.05) is 12.4 Å².